The van der Waals surface area contributed by atoms with E-state index in [0.717, 1.165) is 5.56 Å². The first-order valence-corrected chi connectivity index (χ1v) is 14.2. The number of hydrogen-bond donors (Lipinski definition) is 1. The van der Waals surface area contributed by atoms with Gasteiger partial charge < -0.3 is 14.9 Å². The largest absolute Gasteiger partial charge is 0.481 e. The summed E-state index contributed by atoms with van der Waals surface area (Å²) >= 11 is 20.8. The van der Waals surface area contributed by atoms with E-state index in [2.05, 4.69) is 22.6 Å². The van der Waals surface area contributed by atoms with E-state index < -0.39 is 18.1 Å². The van der Waals surface area contributed by atoms with Crippen molar-refractivity contribution in [1.29, 1.82) is 0 Å². The Kier molecular flexibility index (Phi) is 9.23. The van der Waals surface area contributed by atoms with Crippen LogP contribution in [0.5, 0.6) is 0 Å². The number of fused-ring (bicyclic) bond motifs is 1. The molecule has 2 atom stereocenters. The highest BCUT2D eigenvalue weighted by molar-refractivity contribution is 14.1. The van der Waals surface area contributed by atoms with Crippen LogP contribution in [0.3, 0.4) is 0 Å². The minimum atomic E-state index is -0.964. The third-order valence-electron chi connectivity index (χ3n) is 6.55. The van der Waals surface area contributed by atoms with Gasteiger partial charge in [0.1, 0.15) is 6.04 Å². The lowest BCUT2D eigenvalue weighted by atomic mass is 9.98. The van der Waals surface area contributed by atoms with Gasteiger partial charge in [-0.2, -0.15) is 0 Å². The monoisotopic (exact) mass is 684 g/mol. The molecule has 1 N–H and O–H groups in total. The number of hydrogen-bond acceptors (Lipinski definition) is 3. The molecule has 198 valence electrons. The van der Waals surface area contributed by atoms with Crippen LogP contribution in [0.2, 0.25) is 15.1 Å². The third kappa shape index (κ3) is 6.11. The molecule has 2 unspecified atom stereocenters. The lowest BCUT2D eigenvalue weighted by molar-refractivity contribution is -0.137. The Morgan fingerprint density at radius 3 is 2.18 bits per heavy atom. The van der Waals surface area contributed by atoms with Gasteiger partial charge in [-0.3, -0.25) is 14.4 Å². The van der Waals surface area contributed by atoms with Gasteiger partial charge in [-0.1, -0.05) is 59.1 Å². The van der Waals surface area contributed by atoms with Crippen molar-refractivity contribution in [1.82, 2.24) is 4.90 Å². The number of amides is 2. The maximum atomic E-state index is 14.4. The van der Waals surface area contributed by atoms with E-state index in [1.165, 1.54) is 0 Å². The number of carboxylic acid groups (broad SMARTS) is 1. The van der Waals surface area contributed by atoms with Gasteiger partial charge in [0.15, 0.2) is 0 Å². The highest BCUT2D eigenvalue weighted by atomic mass is 127. The number of aliphatic carboxylic acids is 1. The molecule has 38 heavy (non-hydrogen) atoms. The van der Waals surface area contributed by atoms with E-state index in [4.69, 9.17) is 39.9 Å². The molecule has 0 aliphatic carbocycles. The summed E-state index contributed by atoms with van der Waals surface area (Å²) in [6.07, 6.45) is 0.813. The molecule has 1 aliphatic rings. The second-order valence-electron chi connectivity index (χ2n) is 9.02. The molecule has 10 heteroatoms. The molecule has 0 radical (unpaired) electrons. The van der Waals surface area contributed by atoms with Crippen molar-refractivity contribution >= 4 is 80.9 Å². The van der Waals surface area contributed by atoms with Crippen LogP contribution < -0.4 is 4.90 Å². The summed E-state index contributed by atoms with van der Waals surface area (Å²) in [7, 11) is 0. The summed E-state index contributed by atoms with van der Waals surface area (Å²) in [6.45, 7) is 2.11. The van der Waals surface area contributed by atoms with Gasteiger partial charge in [0.05, 0.1) is 22.3 Å². The van der Waals surface area contributed by atoms with Crippen LogP contribution in [0.1, 0.15) is 59.8 Å². The molecule has 0 saturated heterocycles. The minimum absolute atomic E-state index is 0.0123. The maximum absolute atomic E-state index is 14.4. The van der Waals surface area contributed by atoms with Gasteiger partial charge in [-0.05, 0) is 89.9 Å². The molecule has 4 rings (SSSR count). The lowest BCUT2D eigenvalue weighted by Crippen LogP contribution is -2.44. The summed E-state index contributed by atoms with van der Waals surface area (Å²) in [4.78, 5) is 42.9. The molecule has 0 bridgehead atoms. The van der Waals surface area contributed by atoms with E-state index >= 15 is 0 Å². The van der Waals surface area contributed by atoms with Crippen molar-refractivity contribution in [3.05, 3.63) is 96.0 Å². The highest BCUT2D eigenvalue weighted by Gasteiger charge is 2.43. The zero-order valence-electron chi connectivity index (χ0n) is 20.3. The van der Waals surface area contributed by atoms with Gasteiger partial charge in [-0.25, -0.2) is 0 Å². The second-order valence-corrected chi connectivity index (χ2v) is 11.5. The summed E-state index contributed by atoms with van der Waals surface area (Å²) in [5.74, 6) is -1.53. The Bertz CT molecular complexity index is 1370. The number of benzene rings is 3. The summed E-state index contributed by atoms with van der Waals surface area (Å²) in [5.41, 5.74) is 2.18. The Hall–Kier alpha value is -2.33. The average Bonchev–Trinajstić information content (AvgIpc) is 2.96. The van der Waals surface area contributed by atoms with Gasteiger partial charge in [-0.15, -0.1) is 0 Å². The lowest BCUT2D eigenvalue weighted by Gasteiger charge is -2.36. The Morgan fingerprint density at radius 2 is 1.58 bits per heavy atom. The topological polar surface area (TPSA) is 77.9 Å². The first-order valence-electron chi connectivity index (χ1n) is 11.9. The Morgan fingerprint density at radius 1 is 0.974 bits per heavy atom. The SMILES string of the molecule is CC(c1ccc(Cl)cc1)N1C(=O)c2cc(I)c(Cl)cc2N(CCCCC(=O)O)C(=O)C1c1ccc(Cl)cc1. The van der Waals surface area contributed by atoms with Crippen LogP contribution >= 0.6 is 57.4 Å². The van der Waals surface area contributed by atoms with Crippen molar-refractivity contribution in [2.24, 2.45) is 0 Å². The number of carbonyl (C=O) groups excluding carboxylic acids is 2. The fourth-order valence-electron chi connectivity index (χ4n) is 4.60. The zero-order valence-corrected chi connectivity index (χ0v) is 24.8. The predicted molar refractivity (Wildman–Crippen MR) is 158 cm³/mol. The molecule has 0 saturated carbocycles. The van der Waals surface area contributed by atoms with E-state index in [-0.39, 0.29) is 24.8 Å². The molecule has 1 heterocycles. The number of nitrogens with zero attached hydrogens (tertiary/aromatic N) is 2. The van der Waals surface area contributed by atoms with Crippen LogP contribution in [-0.4, -0.2) is 34.3 Å². The molecule has 6 nitrogen and oxygen atoms in total. The van der Waals surface area contributed by atoms with E-state index in [0.29, 0.717) is 48.3 Å². The number of carboxylic acids is 1. The van der Waals surface area contributed by atoms with Gasteiger partial charge >= 0.3 is 5.97 Å². The van der Waals surface area contributed by atoms with Gasteiger partial charge in [0, 0.05) is 26.6 Å². The zero-order chi connectivity index (χ0) is 27.6. The summed E-state index contributed by atoms with van der Waals surface area (Å²) < 4.78 is 0.679. The normalized spacial score (nSPS) is 16.3. The van der Waals surface area contributed by atoms with Crippen molar-refractivity contribution in [2.75, 3.05) is 11.4 Å². The fourth-order valence-corrected chi connectivity index (χ4v) is 5.48. The molecule has 2 amide bonds. The minimum Gasteiger partial charge on any atom is -0.481 e. The van der Waals surface area contributed by atoms with Crippen LogP contribution in [0.15, 0.2) is 60.7 Å². The number of carbonyl (C=O) groups is 3. The van der Waals surface area contributed by atoms with E-state index in [1.807, 2.05) is 19.1 Å². The molecular formula is C28H24Cl3IN2O4. The fraction of sp³-hybridized carbons (Fsp3) is 0.250. The Labute approximate surface area is 249 Å². The van der Waals surface area contributed by atoms with Crippen molar-refractivity contribution in [2.45, 2.75) is 38.3 Å². The van der Waals surface area contributed by atoms with Crippen molar-refractivity contribution in [3.8, 4) is 0 Å². The molecule has 1 aliphatic heterocycles. The number of rotatable bonds is 8. The van der Waals surface area contributed by atoms with Gasteiger partial charge in [0.2, 0.25) is 0 Å². The predicted octanol–water partition coefficient (Wildman–Crippen LogP) is 7.80. The second kappa shape index (κ2) is 12.2. The highest BCUT2D eigenvalue weighted by Crippen LogP contribution is 2.42. The standard InChI is InChI=1S/C28H24Cl3IN2O4/c1-16(17-5-9-19(29)10-6-17)34-26(18-7-11-20(30)12-8-18)28(38)33(13-3-2-4-25(35)36)24-15-22(31)23(32)14-21(24)27(34)37/h5-12,14-16,26H,2-4,13H2,1H3,(H,35,36). The van der Waals surface area contributed by atoms with Crippen LogP contribution in [0.25, 0.3) is 0 Å². The number of unbranched alkanes of at least 4 members (excludes halogenated alkanes) is 1. The van der Waals surface area contributed by atoms with E-state index in [1.54, 1.807) is 58.3 Å². The molecule has 3 aromatic rings. The molecule has 0 fully saturated rings. The summed E-state index contributed by atoms with van der Waals surface area (Å²) in [5, 5.41) is 10.6. The van der Waals surface area contributed by atoms with Gasteiger partial charge in [0.25, 0.3) is 11.8 Å². The quantitative estimate of drug-likeness (QED) is 0.194. The first kappa shape index (κ1) is 28.7. The van der Waals surface area contributed by atoms with Crippen molar-refractivity contribution in [3.63, 3.8) is 0 Å². The van der Waals surface area contributed by atoms with Crippen LogP contribution in [0.4, 0.5) is 5.69 Å². The molecule has 0 spiro atoms. The molecule has 0 aromatic heterocycles. The Balaban J connectivity index is 1.88. The van der Waals surface area contributed by atoms with Crippen LogP contribution in [-0.2, 0) is 9.59 Å². The smallest absolute Gasteiger partial charge is 0.303 e. The first-order chi connectivity index (χ1) is 18.1. The summed E-state index contributed by atoms with van der Waals surface area (Å²) in [6, 6.07) is 15.9. The van der Waals surface area contributed by atoms with E-state index in [9.17, 15) is 14.4 Å². The third-order valence-corrected chi connectivity index (χ3v) is 8.58. The number of halogens is 4. The molecule has 3 aromatic carbocycles. The number of anilines is 1. The maximum Gasteiger partial charge on any atom is 0.303 e. The average molecular weight is 686 g/mol. The van der Waals surface area contributed by atoms with Crippen LogP contribution in [0, 0.1) is 3.57 Å². The van der Waals surface area contributed by atoms with Crippen molar-refractivity contribution < 1.29 is 19.5 Å². The molecular weight excluding hydrogens is 662 g/mol.